The molecule has 1 amide bonds. The Labute approximate surface area is 179 Å². The second-order valence-electron chi connectivity index (χ2n) is 9.97. The van der Waals surface area contributed by atoms with Crippen molar-refractivity contribution < 1.29 is 14.3 Å². The number of carbonyl (C=O) groups is 2. The van der Waals surface area contributed by atoms with Crippen LogP contribution in [0.3, 0.4) is 0 Å². The predicted molar refractivity (Wildman–Crippen MR) is 118 cm³/mol. The van der Waals surface area contributed by atoms with Gasteiger partial charge in [0.1, 0.15) is 4.67 Å². The third-order valence-corrected chi connectivity index (χ3v) is 8.04. The summed E-state index contributed by atoms with van der Waals surface area (Å²) in [5.74, 6) is -0.580. The van der Waals surface area contributed by atoms with E-state index in [0.717, 1.165) is 29.5 Å². The summed E-state index contributed by atoms with van der Waals surface area (Å²) in [6.45, 7) is 16.8. The highest BCUT2D eigenvalue weighted by atomic mass is 32.1. The van der Waals surface area contributed by atoms with E-state index in [0.29, 0.717) is 19.4 Å². The van der Waals surface area contributed by atoms with E-state index in [1.165, 1.54) is 0 Å². The SMILES string of the molecule is CCCCc1cn(C(C)(C)C)sc1=NC(=O)[C@@]1(C)CC[C@@H](C(=O)OCC)C1(C)C. The van der Waals surface area contributed by atoms with Gasteiger partial charge in [-0.3, -0.25) is 13.5 Å². The lowest BCUT2D eigenvalue weighted by Gasteiger charge is -2.38. The van der Waals surface area contributed by atoms with Crippen LogP contribution in [0.4, 0.5) is 0 Å². The molecule has 2 atom stereocenters. The molecule has 0 saturated heterocycles. The molecule has 0 unspecified atom stereocenters. The molecule has 0 spiro atoms. The smallest absolute Gasteiger partial charge is 0.309 e. The Balaban J connectivity index is 2.43. The number of amides is 1. The van der Waals surface area contributed by atoms with Crippen molar-refractivity contribution in [1.82, 2.24) is 3.96 Å². The fourth-order valence-electron chi connectivity index (χ4n) is 4.09. The maximum Gasteiger partial charge on any atom is 0.309 e. The van der Waals surface area contributed by atoms with Gasteiger partial charge in [-0.05, 0) is 70.3 Å². The molecule has 0 aromatic carbocycles. The molecule has 1 aromatic rings. The zero-order valence-electron chi connectivity index (χ0n) is 19.4. The van der Waals surface area contributed by atoms with E-state index in [1.54, 1.807) is 11.5 Å². The molecule has 29 heavy (non-hydrogen) atoms. The first-order valence-corrected chi connectivity index (χ1v) is 11.6. The number of unbranched alkanes of at least 4 members (excludes halogenated alkanes) is 1. The van der Waals surface area contributed by atoms with E-state index >= 15 is 0 Å². The first-order valence-electron chi connectivity index (χ1n) is 10.9. The van der Waals surface area contributed by atoms with Crippen LogP contribution in [0.1, 0.15) is 86.6 Å². The van der Waals surface area contributed by atoms with Crippen molar-refractivity contribution in [2.75, 3.05) is 6.61 Å². The van der Waals surface area contributed by atoms with E-state index in [4.69, 9.17) is 4.74 Å². The van der Waals surface area contributed by atoms with E-state index in [2.05, 4.69) is 42.8 Å². The van der Waals surface area contributed by atoms with Crippen molar-refractivity contribution in [3.8, 4) is 0 Å². The number of hydrogen-bond donors (Lipinski definition) is 0. The lowest BCUT2D eigenvalue weighted by atomic mass is 9.65. The number of hydrogen-bond acceptors (Lipinski definition) is 4. The molecule has 1 heterocycles. The van der Waals surface area contributed by atoms with Gasteiger partial charge in [-0.1, -0.05) is 34.1 Å². The number of esters is 1. The molecule has 0 aliphatic heterocycles. The van der Waals surface area contributed by atoms with Gasteiger partial charge in [0.2, 0.25) is 0 Å². The molecule has 1 aliphatic rings. The van der Waals surface area contributed by atoms with Crippen molar-refractivity contribution >= 4 is 23.4 Å². The average molecular weight is 423 g/mol. The molecule has 1 fully saturated rings. The minimum absolute atomic E-state index is 0.0476. The highest BCUT2D eigenvalue weighted by molar-refractivity contribution is 7.04. The Bertz CT molecular complexity index is 813. The van der Waals surface area contributed by atoms with Crippen LogP contribution in [0.2, 0.25) is 0 Å². The van der Waals surface area contributed by atoms with Gasteiger partial charge in [0, 0.05) is 17.3 Å². The topological polar surface area (TPSA) is 60.7 Å². The minimum Gasteiger partial charge on any atom is -0.466 e. The summed E-state index contributed by atoms with van der Waals surface area (Å²) >= 11 is 1.56. The Morgan fingerprint density at radius 1 is 1.28 bits per heavy atom. The standard InChI is InChI=1S/C23H38N2O3S/c1-9-11-12-16-15-25(21(3,4)5)29-18(16)24-20(27)23(8)14-13-17(22(23,6)7)19(26)28-10-2/h15,17H,9-14H2,1-8H3/t17-,23+/m0/s1. The summed E-state index contributed by atoms with van der Waals surface area (Å²) in [5.41, 5.74) is -0.0843. The molecule has 1 aliphatic carbocycles. The summed E-state index contributed by atoms with van der Waals surface area (Å²) in [4.78, 5) is 30.5. The third-order valence-electron chi connectivity index (χ3n) is 6.67. The Kier molecular flexibility index (Phi) is 7.19. The molecule has 1 aromatic heterocycles. The summed E-state index contributed by atoms with van der Waals surface area (Å²) in [6, 6.07) is 0. The molecular weight excluding hydrogens is 384 g/mol. The molecule has 0 radical (unpaired) electrons. The highest BCUT2D eigenvalue weighted by Gasteiger charge is 2.58. The second-order valence-corrected chi connectivity index (χ2v) is 10.9. The van der Waals surface area contributed by atoms with Gasteiger partial charge in [0.15, 0.2) is 0 Å². The van der Waals surface area contributed by atoms with Gasteiger partial charge in [-0.25, -0.2) is 4.99 Å². The maximum absolute atomic E-state index is 13.4. The van der Waals surface area contributed by atoms with Gasteiger partial charge in [-0.15, -0.1) is 0 Å². The average Bonchev–Trinajstić information content (AvgIpc) is 3.12. The van der Waals surface area contributed by atoms with Crippen molar-refractivity contribution in [3.05, 3.63) is 16.4 Å². The molecule has 164 valence electrons. The summed E-state index contributed by atoms with van der Waals surface area (Å²) in [6.07, 6.45) is 6.57. The number of carbonyl (C=O) groups excluding carboxylic acids is 2. The van der Waals surface area contributed by atoms with Crippen LogP contribution in [0.5, 0.6) is 0 Å². The van der Waals surface area contributed by atoms with Gasteiger partial charge >= 0.3 is 5.97 Å². The lowest BCUT2D eigenvalue weighted by Crippen LogP contribution is -2.43. The van der Waals surface area contributed by atoms with Crippen LogP contribution < -0.4 is 4.67 Å². The van der Waals surface area contributed by atoms with E-state index < -0.39 is 10.8 Å². The number of ether oxygens (including phenoxy) is 1. The first kappa shape index (κ1) is 23.8. The van der Waals surface area contributed by atoms with Crippen LogP contribution in [-0.4, -0.2) is 22.4 Å². The fraction of sp³-hybridized carbons (Fsp3) is 0.783. The van der Waals surface area contributed by atoms with Crippen LogP contribution in [-0.2, 0) is 26.3 Å². The largest absolute Gasteiger partial charge is 0.466 e. The fourth-order valence-corrected chi connectivity index (χ4v) is 5.13. The quantitative estimate of drug-likeness (QED) is 0.601. The summed E-state index contributed by atoms with van der Waals surface area (Å²) in [7, 11) is 0. The maximum atomic E-state index is 13.4. The van der Waals surface area contributed by atoms with Crippen molar-refractivity contribution in [3.63, 3.8) is 0 Å². The van der Waals surface area contributed by atoms with E-state index in [-0.39, 0.29) is 23.3 Å². The first-order chi connectivity index (χ1) is 13.4. The van der Waals surface area contributed by atoms with Crippen LogP contribution >= 0.6 is 11.5 Å². The van der Waals surface area contributed by atoms with Gasteiger partial charge in [-0.2, -0.15) is 0 Å². The van der Waals surface area contributed by atoms with E-state index in [9.17, 15) is 9.59 Å². The molecule has 0 bridgehead atoms. The van der Waals surface area contributed by atoms with Crippen molar-refractivity contribution in [1.29, 1.82) is 0 Å². The predicted octanol–water partition coefficient (Wildman–Crippen LogP) is 5.08. The van der Waals surface area contributed by atoms with Gasteiger partial charge in [0.05, 0.1) is 17.9 Å². The third kappa shape index (κ3) is 4.68. The Morgan fingerprint density at radius 2 is 1.93 bits per heavy atom. The lowest BCUT2D eigenvalue weighted by molar-refractivity contribution is -0.153. The second kappa shape index (κ2) is 8.75. The normalized spacial score (nSPS) is 24.7. The van der Waals surface area contributed by atoms with E-state index in [1.807, 2.05) is 27.7 Å². The van der Waals surface area contributed by atoms with Crippen LogP contribution in [0.25, 0.3) is 0 Å². The zero-order chi connectivity index (χ0) is 22.0. The number of aryl methyl sites for hydroxylation is 1. The molecule has 5 nitrogen and oxygen atoms in total. The zero-order valence-corrected chi connectivity index (χ0v) is 20.2. The Morgan fingerprint density at radius 3 is 2.48 bits per heavy atom. The molecule has 1 saturated carbocycles. The van der Waals surface area contributed by atoms with Crippen LogP contribution in [0, 0.1) is 16.7 Å². The molecule has 2 rings (SSSR count). The highest BCUT2D eigenvalue weighted by Crippen LogP contribution is 2.56. The number of nitrogens with zero attached hydrogens (tertiary/aromatic N) is 2. The van der Waals surface area contributed by atoms with Crippen LogP contribution in [0.15, 0.2) is 11.2 Å². The van der Waals surface area contributed by atoms with Crippen molar-refractivity contribution in [2.24, 2.45) is 21.7 Å². The Hall–Kier alpha value is -1.43. The molecule has 0 N–H and O–H groups in total. The molecular formula is C23H38N2O3S. The monoisotopic (exact) mass is 422 g/mol. The number of aromatic nitrogens is 1. The number of rotatable bonds is 6. The van der Waals surface area contributed by atoms with Gasteiger partial charge in [0.25, 0.3) is 5.91 Å². The minimum atomic E-state index is -0.678. The summed E-state index contributed by atoms with van der Waals surface area (Å²) in [5, 5.41) is 0. The van der Waals surface area contributed by atoms with Crippen molar-refractivity contribution in [2.45, 2.75) is 93.0 Å². The summed E-state index contributed by atoms with van der Waals surface area (Å²) < 4.78 is 8.28. The van der Waals surface area contributed by atoms with Gasteiger partial charge < -0.3 is 4.74 Å². The molecule has 6 heteroatoms.